The Morgan fingerprint density at radius 3 is 2.43 bits per heavy atom. The molecule has 2 aliphatic rings. The monoisotopic (exact) mass is 415 g/mol. The van der Waals surface area contributed by atoms with Crippen molar-refractivity contribution in [1.82, 2.24) is 24.5 Å². The maximum atomic E-state index is 13.9. The summed E-state index contributed by atoms with van der Waals surface area (Å²) in [5.74, 6) is -4.03. The fraction of sp³-hybridized carbons (Fsp3) is 0.381. The summed E-state index contributed by atoms with van der Waals surface area (Å²) in [5, 5.41) is 8.78. The molecule has 3 aromatic rings. The van der Waals surface area contributed by atoms with Gasteiger partial charge in [-0.2, -0.15) is 10.2 Å². The molecule has 6 nitrogen and oxygen atoms in total. The second-order valence-corrected chi connectivity index (χ2v) is 8.02. The number of halogens is 3. The molecule has 0 aliphatic carbocycles. The van der Waals surface area contributed by atoms with Gasteiger partial charge in [-0.05, 0) is 38.3 Å². The van der Waals surface area contributed by atoms with E-state index in [4.69, 9.17) is 0 Å². The smallest absolute Gasteiger partial charge is 0.258 e. The van der Waals surface area contributed by atoms with Crippen LogP contribution in [0.4, 0.5) is 13.2 Å². The minimum absolute atomic E-state index is 0.0345. The first kappa shape index (κ1) is 18.9. The molecule has 1 aromatic carbocycles. The molecule has 0 spiro atoms. The van der Waals surface area contributed by atoms with Gasteiger partial charge in [0.05, 0.1) is 29.2 Å². The molecule has 0 unspecified atom stereocenters. The zero-order chi connectivity index (χ0) is 21.3. The Morgan fingerprint density at radius 2 is 1.80 bits per heavy atom. The molecule has 5 rings (SSSR count). The van der Waals surface area contributed by atoms with Gasteiger partial charge in [0.2, 0.25) is 0 Å². The van der Waals surface area contributed by atoms with E-state index in [-0.39, 0.29) is 23.6 Å². The molecular formula is C21H20F3N5O. The van der Waals surface area contributed by atoms with Gasteiger partial charge in [-0.15, -0.1) is 0 Å². The van der Waals surface area contributed by atoms with Gasteiger partial charge in [0.25, 0.3) is 5.91 Å². The lowest BCUT2D eigenvalue weighted by Gasteiger charge is -2.34. The average Bonchev–Trinajstić information content (AvgIpc) is 3.33. The lowest BCUT2D eigenvalue weighted by atomic mass is 9.94. The van der Waals surface area contributed by atoms with Gasteiger partial charge in [0.1, 0.15) is 0 Å². The molecule has 1 amide bonds. The third-order valence-corrected chi connectivity index (χ3v) is 6.39. The average molecular weight is 415 g/mol. The van der Waals surface area contributed by atoms with Gasteiger partial charge in [0.15, 0.2) is 17.5 Å². The number of fused-ring (bicyclic) bond motifs is 4. The van der Waals surface area contributed by atoms with Crippen molar-refractivity contribution in [3.63, 3.8) is 0 Å². The predicted octanol–water partition coefficient (Wildman–Crippen LogP) is 3.45. The number of aromatic nitrogens is 4. The molecule has 9 heteroatoms. The van der Waals surface area contributed by atoms with Gasteiger partial charge in [0, 0.05) is 37.0 Å². The number of hydrogen-bond donors (Lipinski definition) is 0. The van der Waals surface area contributed by atoms with Crippen molar-refractivity contribution in [2.24, 2.45) is 14.1 Å². The van der Waals surface area contributed by atoms with Crippen LogP contribution in [-0.4, -0.2) is 36.4 Å². The second-order valence-electron chi connectivity index (χ2n) is 8.02. The minimum atomic E-state index is -1.49. The highest BCUT2D eigenvalue weighted by molar-refractivity contribution is 5.96. The van der Waals surface area contributed by atoms with Crippen molar-refractivity contribution >= 4 is 5.91 Å². The Morgan fingerprint density at radius 1 is 1.10 bits per heavy atom. The summed E-state index contributed by atoms with van der Waals surface area (Å²) >= 11 is 0. The van der Waals surface area contributed by atoms with Crippen molar-refractivity contribution in [2.45, 2.75) is 38.3 Å². The summed E-state index contributed by atoms with van der Waals surface area (Å²) in [6, 6.07) is 1.75. The van der Waals surface area contributed by atoms with E-state index in [1.54, 1.807) is 29.7 Å². The van der Waals surface area contributed by atoms with Gasteiger partial charge in [-0.3, -0.25) is 14.2 Å². The van der Waals surface area contributed by atoms with Crippen LogP contribution < -0.4 is 0 Å². The van der Waals surface area contributed by atoms with Crippen LogP contribution in [0.25, 0.3) is 11.3 Å². The van der Waals surface area contributed by atoms with Gasteiger partial charge in [-0.25, -0.2) is 13.2 Å². The highest BCUT2D eigenvalue weighted by Crippen LogP contribution is 2.46. The Bertz CT molecular complexity index is 1170. The van der Waals surface area contributed by atoms with E-state index in [9.17, 15) is 18.0 Å². The van der Waals surface area contributed by atoms with Crippen LogP contribution in [0.15, 0.2) is 18.3 Å². The number of amides is 1. The first-order valence-corrected chi connectivity index (χ1v) is 9.79. The summed E-state index contributed by atoms with van der Waals surface area (Å²) in [5.41, 5.74) is 3.76. The van der Waals surface area contributed by atoms with E-state index in [1.165, 1.54) is 0 Å². The van der Waals surface area contributed by atoms with Crippen LogP contribution in [0.2, 0.25) is 0 Å². The normalized spacial score (nSPS) is 20.0. The molecule has 2 atom stereocenters. The molecule has 4 heterocycles. The summed E-state index contributed by atoms with van der Waals surface area (Å²) in [6.07, 6.45) is 3.70. The van der Waals surface area contributed by atoms with Crippen molar-refractivity contribution < 1.29 is 18.0 Å². The Labute approximate surface area is 170 Å². The molecule has 1 fully saturated rings. The van der Waals surface area contributed by atoms with Crippen molar-refractivity contribution in [3.05, 3.63) is 58.3 Å². The van der Waals surface area contributed by atoms with Crippen LogP contribution in [0.1, 0.15) is 46.2 Å². The van der Waals surface area contributed by atoms with E-state index in [1.807, 2.05) is 11.8 Å². The van der Waals surface area contributed by atoms with E-state index >= 15 is 0 Å². The summed E-state index contributed by atoms with van der Waals surface area (Å²) < 4.78 is 44.4. The van der Waals surface area contributed by atoms with Crippen LogP contribution in [0.5, 0.6) is 0 Å². The SMILES string of the molecule is Cc1c(C(=O)N2[C@H]3CC[C@@H]2c2nn(C)c(-c4cc(F)c(F)c(F)c4)c2C3)cnn1C. The highest BCUT2D eigenvalue weighted by atomic mass is 19.2. The third kappa shape index (κ3) is 2.54. The van der Waals surface area contributed by atoms with Crippen LogP contribution in [-0.2, 0) is 20.5 Å². The third-order valence-electron chi connectivity index (χ3n) is 6.39. The maximum Gasteiger partial charge on any atom is 0.258 e. The largest absolute Gasteiger partial charge is 0.327 e. The van der Waals surface area contributed by atoms with Crippen LogP contribution >= 0.6 is 0 Å². The van der Waals surface area contributed by atoms with Crippen LogP contribution in [0, 0.1) is 24.4 Å². The zero-order valence-corrected chi connectivity index (χ0v) is 16.8. The zero-order valence-electron chi connectivity index (χ0n) is 16.8. The number of benzene rings is 1. The quantitative estimate of drug-likeness (QED) is 0.603. The number of hydrogen-bond acceptors (Lipinski definition) is 3. The molecule has 156 valence electrons. The predicted molar refractivity (Wildman–Crippen MR) is 102 cm³/mol. The van der Waals surface area contributed by atoms with Gasteiger partial charge < -0.3 is 4.90 Å². The summed E-state index contributed by atoms with van der Waals surface area (Å²) in [7, 11) is 3.49. The number of aryl methyl sites for hydroxylation is 2. The van der Waals surface area contributed by atoms with E-state index < -0.39 is 17.5 Å². The van der Waals surface area contributed by atoms with Gasteiger partial charge >= 0.3 is 0 Å². The Balaban J connectivity index is 1.58. The molecule has 2 aromatic heterocycles. The molecule has 0 saturated carbocycles. The highest BCUT2D eigenvalue weighted by Gasteiger charge is 2.46. The molecular weight excluding hydrogens is 395 g/mol. The number of carbonyl (C=O) groups excluding carboxylic acids is 1. The molecule has 30 heavy (non-hydrogen) atoms. The lowest BCUT2D eigenvalue weighted by molar-refractivity contribution is 0.0641. The molecule has 2 bridgehead atoms. The molecule has 0 N–H and O–H groups in total. The van der Waals surface area contributed by atoms with Crippen molar-refractivity contribution in [1.29, 1.82) is 0 Å². The van der Waals surface area contributed by atoms with Gasteiger partial charge in [-0.1, -0.05) is 0 Å². The van der Waals surface area contributed by atoms with E-state index in [2.05, 4.69) is 10.2 Å². The molecule has 0 radical (unpaired) electrons. The fourth-order valence-corrected chi connectivity index (χ4v) is 4.85. The topological polar surface area (TPSA) is 56.0 Å². The number of rotatable bonds is 2. The molecule has 1 saturated heterocycles. The summed E-state index contributed by atoms with van der Waals surface area (Å²) in [6.45, 7) is 1.86. The second kappa shape index (κ2) is 6.45. The standard InChI is InChI=1S/C21H20F3N5O/c1-10-14(9-25-27(10)2)21(30)29-12-4-5-17(29)19-13(8-12)20(28(3)26-19)11-6-15(22)18(24)16(23)7-11/h6-7,9,12,17H,4-5,8H2,1-3H3/t12-,17+/m0/s1. The Kier molecular flexibility index (Phi) is 4.06. The van der Waals surface area contributed by atoms with E-state index in [0.29, 0.717) is 17.7 Å². The van der Waals surface area contributed by atoms with E-state index in [0.717, 1.165) is 41.9 Å². The maximum absolute atomic E-state index is 13.9. The fourth-order valence-electron chi connectivity index (χ4n) is 4.85. The lowest BCUT2D eigenvalue weighted by Crippen LogP contribution is -2.42. The van der Waals surface area contributed by atoms with Crippen molar-refractivity contribution in [3.8, 4) is 11.3 Å². The Hall–Kier alpha value is -3.10. The number of nitrogens with zero attached hydrogens (tertiary/aromatic N) is 5. The van der Waals surface area contributed by atoms with Crippen LogP contribution in [0.3, 0.4) is 0 Å². The van der Waals surface area contributed by atoms with Crippen molar-refractivity contribution in [2.75, 3.05) is 0 Å². The first-order valence-electron chi connectivity index (χ1n) is 9.79. The first-order chi connectivity index (χ1) is 14.3. The molecule has 2 aliphatic heterocycles. The minimum Gasteiger partial charge on any atom is -0.327 e. The summed E-state index contributed by atoms with van der Waals surface area (Å²) in [4.78, 5) is 15.2. The number of carbonyl (C=O) groups is 1.